The van der Waals surface area contributed by atoms with Crippen molar-refractivity contribution in [1.29, 1.82) is 0 Å². The summed E-state index contributed by atoms with van der Waals surface area (Å²) in [4.78, 5) is 25.7. The lowest BCUT2D eigenvalue weighted by atomic mass is 10.1. The lowest BCUT2D eigenvalue weighted by molar-refractivity contribution is -0.133. The van der Waals surface area contributed by atoms with E-state index in [0.717, 1.165) is 12.1 Å². The Balaban J connectivity index is 2.56. The Labute approximate surface area is 121 Å². The molecule has 1 aromatic rings. The SMILES string of the molecule is CCCN(C(=O)CC)C(C)CC(=O)Nc1ccccc1. The van der Waals surface area contributed by atoms with Gasteiger partial charge < -0.3 is 10.2 Å². The monoisotopic (exact) mass is 276 g/mol. The van der Waals surface area contributed by atoms with Gasteiger partial charge in [0.2, 0.25) is 11.8 Å². The summed E-state index contributed by atoms with van der Waals surface area (Å²) in [6, 6.07) is 9.28. The molecule has 0 aromatic heterocycles. The summed E-state index contributed by atoms with van der Waals surface area (Å²) in [5.41, 5.74) is 0.786. The molecule has 0 fully saturated rings. The minimum Gasteiger partial charge on any atom is -0.339 e. The van der Waals surface area contributed by atoms with Gasteiger partial charge in [-0.1, -0.05) is 32.0 Å². The second-order valence-corrected chi connectivity index (χ2v) is 4.91. The molecule has 1 aromatic carbocycles. The molecule has 0 saturated heterocycles. The van der Waals surface area contributed by atoms with Gasteiger partial charge in [-0.05, 0) is 25.5 Å². The molecule has 0 bridgehead atoms. The van der Waals surface area contributed by atoms with E-state index in [-0.39, 0.29) is 17.9 Å². The van der Waals surface area contributed by atoms with E-state index < -0.39 is 0 Å². The summed E-state index contributed by atoms with van der Waals surface area (Å²) in [5, 5.41) is 2.85. The first-order valence-electron chi connectivity index (χ1n) is 7.22. The number of nitrogens with one attached hydrogen (secondary N) is 1. The summed E-state index contributed by atoms with van der Waals surface area (Å²) < 4.78 is 0. The number of hydrogen-bond acceptors (Lipinski definition) is 2. The number of carbonyl (C=O) groups is 2. The van der Waals surface area contributed by atoms with Gasteiger partial charge in [0.1, 0.15) is 0 Å². The van der Waals surface area contributed by atoms with Gasteiger partial charge in [-0.3, -0.25) is 9.59 Å². The highest BCUT2D eigenvalue weighted by Gasteiger charge is 2.20. The lowest BCUT2D eigenvalue weighted by Gasteiger charge is -2.28. The van der Waals surface area contributed by atoms with Crippen LogP contribution in [0.5, 0.6) is 0 Å². The largest absolute Gasteiger partial charge is 0.339 e. The quantitative estimate of drug-likeness (QED) is 0.832. The second kappa shape index (κ2) is 8.35. The van der Waals surface area contributed by atoms with Crippen molar-refractivity contribution in [2.75, 3.05) is 11.9 Å². The molecular weight excluding hydrogens is 252 g/mol. The average Bonchev–Trinajstić information content (AvgIpc) is 2.44. The molecule has 4 nitrogen and oxygen atoms in total. The number of anilines is 1. The van der Waals surface area contributed by atoms with Crippen LogP contribution >= 0.6 is 0 Å². The predicted octanol–water partition coefficient (Wildman–Crippen LogP) is 3.05. The smallest absolute Gasteiger partial charge is 0.226 e. The molecule has 0 aliphatic rings. The third-order valence-corrected chi connectivity index (χ3v) is 3.16. The van der Waals surface area contributed by atoms with Crippen LogP contribution in [-0.4, -0.2) is 29.3 Å². The predicted molar refractivity (Wildman–Crippen MR) is 81.4 cm³/mol. The molecule has 20 heavy (non-hydrogen) atoms. The van der Waals surface area contributed by atoms with E-state index in [2.05, 4.69) is 5.32 Å². The second-order valence-electron chi connectivity index (χ2n) is 4.91. The van der Waals surface area contributed by atoms with Crippen molar-refractivity contribution in [3.8, 4) is 0 Å². The maximum Gasteiger partial charge on any atom is 0.226 e. The van der Waals surface area contributed by atoms with E-state index >= 15 is 0 Å². The van der Waals surface area contributed by atoms with Gasteiger partial charge in [0, 0.05) is 31.1 Å². The highest BCUT2D eigenvalue weighted by atomic mass is 16.2. The van der Waals surface area contributed by atoms with E-state index in [9.17, 15) is 9.59 Å². The normalized spacial score (nSPS) is 11.8. The maximum absolute atomic E-state index is 12.0. The molecular formula is C16H24N2O2. The zero-order valence-corrected chi connectivity index (χ0v) is 12.6. The maximum atomic E-state index is 12.0. The van der Waals surface area contributed by atoms with Crippen LogP contribution in [0.2, 0.25) is 0 Å². The highest BCUT2D eigenvalue weighted by Crippen LogP contribution is 2.10. The fraction of sp³-hybridized carbons (Fsp3) is 0.500. The molecule has 4 heteroatoms. The number of rotatable bonds is 7. The Morgan fingerprint density at radius 3 is 2.40 bits per heavy atom. The van der Waals surface area contributed by atoms with Crippen LogP contribution in [-0.2, 0) is 9.59 Å². The van der Waals surface area contributed by atoms with E-state index in [1.54, 1.807) is 4.90 Å². The molecule has 0 spiro atoms. The minimum atomic E-state index is -0.0777. The molecule has 1 N–H and O–H groups in total. The van der Waals surface area contributed by atoms with Crippen LogP contribution in [0.25, 0.3) is 0 Å². The third kappa shape index (κ3) is 5.03. The van der Waals surface area contributed by atoms with Crippen LogP contribution in [0.3, 0.4) is 0 Å². The fourth-order valence-corrected chi connectivity index (χ4v) is 2.15. The summed E-state index contributed by atoms with van der Waals surface area (Å²) in [6.07, 6.45) is 1.70. The van der Waals surface area contributed by atoms with Crippen LogP contribution in [0, 0.1) is 0 Å². The molecule has 1 atom stereocenters. The Morgan fingerprint density at radius 2 is 1.85 bits per heavy atom. The van der Waals surface area contributed by atoms with Gasteiger partial charge in [0.15, 0.2) is 0 Å². The average molecular weight is 276 g/mol. The molecule has 0 heterocycles. The zero-order valence-electron chi connectivity index (χ0n) is 12.6. The van der Waals surface area contributed by atoms with Crippen LogP contribution in [0.1, 0.15) is 40.0 Å². The van der Waals surface area contributed by atoms with E-state index in [4.69, 9.17) is 0 Å². The number of benzene rings is 1. The molecule has 0 aliphatic carbocycles. The number of hydrogen-bond donors (Lipinski definition) is 1. The van der Waals surface area contributed by atoms with Gasteiger partial charge in [0.25, 0.3) is 0 Å². The van der Waals surface area contributed by atoms with Crippen LogP contribution in [0.4, 0.5) is 5.69 Å². The first kappa shape index (κ1) is 16.2. The van der Waals surface area contributed by atoms with Crippen molar-refractivity contribution in [3.63, 3.8) is 0 Å². The number of para-hydroxylation sites is 1. The van der Waals surface area contributed by atoms with Crippen molar-refractivity contribution < 1.29 is 9.59 Å². The van der Waals surface area contributed by atoms with Gasteiger partial charge in [0.05, 0.1) is 0 Å². The van der Waals surface area contributed by atoms with Gasteiger partial charge in [-0.15, -0.1) is 0 Å². The molecule has 0 aliphatic heterocycles. The standard InChI is InChI=1S/C16H24N2O2/c1-4-11-18(16(20)5-2)13(3)12-15(19)17-14-9-7-6-8-10-14/h6-10,13H,4-5,11-12H2,1-3H3,(H,17,19). The molecule has 110 valence electrons. The molecule has 0 saturated carbocycles. The molecule has 2 amide bonds. The number of nitrogens with zero attached hydrogens (tertiary/aromatic N) is 1. The molecule has 0 radical (unpaired) electrons. The zero-order chi connectivity index (χ0) is 15.0. The lowest BCUT2D eigenvalue weighted by Crippen LogP contribution is -2.40. The van der Waals surface area contributed by atoms with Crippen LogP contribution < -0.4 is 5.32 Å². The molecule has 1 unspecified atom stereocenters. The fourth-order valence-electron chi connectivity index (χ4n) is 2.15. The van der Waals surface area contributed by atoms with E-state index in [1.165, 1.54) is 0 Å². The van der Waals surface area contributed by atoms with Crippen molar-refractivity contribution in [1.82, 2.24) is 4.90 Å². The van der Waals surface area contributed by atoms with Crippen molar-refractivity contribution in [2.45, 2.75) is 46.1 Å². The Hall–Kier alpha value is -1.84. The minimum absolute atomic E-state index is 0.0614. The molecule has 1 rings (SSSR count). The topological polar surface area (TPSA) is 49.4 Å². The summed E-state index contributed by atoms with van der Waals surface area (Å²) in [5.74, 6) is 0.0422. The summed E-state index contributed by atoms with van der Waals surface area (Å²) >= 11 is 0. The first-order chi connectivity index (χ1) is 9.58. The third-order valence-electron chi connectivity index (χ3n) is 3.16. The highest BCUT2D eigenvalue weighted by molar-refractivity contribution is 5.91. The van der Waals surface area contributed by atoms with Gasteiger partial charge in [-0.25, -0.2) is 0 Å². The van der Waals surface area contributed by atoms with Gasteiger partial charge in [-0.2, -0.15) is 0 Å². The number of carbonyl (C=O) groups excluding carboxylic acids is 2. The van der Waals surface area contributed by atoms with E-state index in [0.29, 0.717) is 19.4 Å². The van der Waals surface area contributed by atoms with Crippen molar-refractivity contribution in [3.05, 3.63) is 30.3 Å². The Bertz CT molecular complexity index is 431. The summed E-state index contributed by atoms with van der Waals surface area (Å²) in [7, 11) is 0. The van der Waals surface area contributed by atoms with Crippen LogP contribution in [0.15, 0.2) is 30.3 Å². The van der Waals surface area contributed by atoms with E-state index in [1.807, 2.05) is 51.1 Å². The van der Waals surface area contributed by atoms with Gasteiger partial charge >= 0.3 is 0 Å². The Morgan fingerprint density at radius 1 is 1.20 bits per heavy atom. The number of amides is 2. The van der Waals surface area contributed by atoms with Crippen molar-refractivity contribution >= 4 is 17.5 Å². The van der Waals surface area contributed by atoms with Crippen molar-refractivity contribution in [2.24, 2.45) is 0 Å². The summed E-state index contributed by atoms with van der Waals surface area (Å²) in [6.45, 7) is 6.51. The Kier molecular flexibility index (Phi) is 6.77. The first-order valence-corrected chi connectivity index (χ1v) is 7.22.